The van der Waals surface area contributed by atoms with E-state index in [-0.39, 0.29) is 5.28 Å². The van der Waals surface area contributed by atoms with E-state index in [1.165, 1.54) is 16.7 Å². The maximum Gasteiger partial charge on any atom is 0.225 e. The quantitative estimate of drug-likeness (QED) is 0.403. The van der Waals surface area contributed by atoms with Gasteiger partial charge in [-0.05, 0) is 61.2 Å². The summed E-state index contributed by atoms with van der Waals surface area (Å²) in [4.78, 5) is 9.76. The molecule has 0 aliphatic heterocycles. The van der Waals surface area contributed by atoms with E-state index in [2.05, 4.69) is 71.8 Å². The number of benzene rings is 2. The van der Waals surface area contributed by atoms with E-state index in [1.54, 1.807) is 11.3 Å². The van der Waals surface area contributed by atoms with E-state index >= 15 is 0 Å². The first kappa shape index (κ1) is 17.0. The van der Waals surface area contributed by atoms with Crippen molar-refractivity contribution in [1.29, 1.82) is 0 Å². The van der Waals surface area contributed by atoms with Crippen molar-refractivity contribution >= 4 is 44.7 Å². The summed E-state index contributed by atoms with van der Waals surface area (Å²) < 4.78 is 0. The number of nitrogens with one attached hydrogen (secondary N) is 1. The first-order valence-electron chi connectivity index (χ1n) is 8.37. The summed E-state index contributed by atoms with van der Waals surface area (Å²) in [5.74, 6) is 0.735. The number of hydrogen-bond acceptors (Lipinski definition) is 4. The fourth-order valence-electron chi connectivity index (χ4n) is 2.90. The lowest BCUT2D eigenvalue weighted by molar-refractivity contribution is 1.23. The molecule has 0 saturated heterocycles. The average Bonchev–Trinajstić information content (AvgIpc) is 3.03. The van der Waals surface area contributed by atoms with Gasteiger partial charge in [-0.15, -0.1) is 11.3 Å². The molecule has 0 bridgehead atoms. The van der Waals surface area contributed by atoms with Gasteiger partial charge in [0.15, 0.2) is 0 Å². The number of aryl methyl sites for hydroxylation is 3. The van der Waals surface area contributed by atoms with E-state index < -0.39 is 0 Å². The Morgan fingerprint density at radius 1 is 0.923 bits per heavy atom. The molecule has 0 aliphatic rings. The lowest BCUT2D eigenvalue weighted by atomic mass is 10.0. The van der Waals surface area contributed by atoms with Gasteiger partial charge in [-0.1, -0.05) is 35.9 Å². The Balaban J connectivity index is 1.87. The molecule has 0 unspecified atom stereocenters. The minimum atomic E-state index is 0.251. The molecule has 1 N–H and O–H groups in total. The Kier molecular flexibility index (Phi) is 4.39. The Morgan fingerprint density at radius 3 is 2.42 bits per heavy atom. The van der Waals surface area contributed by atoms with Crippen LogP contribution in [-0.2, 0) is 0 Å². The van der Waals surface area contributed by atoms with E-state index in [1.807, 2.05) is 12.1 Å². The van der Waals surface area contributed by atoms with Crippen LogP contribution in [0.2, 0.25) is 5.28 Å². The molecule has 0 radical (unpaired) electrons. The van der Waals surface area contributed by atoms with Gasteiger partial charge in [0.05, 0.1) is 5.39 Å². The summed E-state index contributed by atoms with van der Waals surface area (Å²) in [6.45, 7) is 6.32. The Hall–Kier alpha value is -2.43. The average molecular weight is 380 g/mol. The van der Waals surface area contributed by atoms with Gasteiger partial charge in [0.2, 0.25) is 5.28 Å². The van der Waals surface area contributed by atoms with Crippen LogP contribution >= 0.6 is 22.9 Å². The second kappa shape index (κ2) is 6.71. The van der Waals surface area contributed by atoms with E-state index in [9.17, 15) is 0 Å². The maximum atomic E-state index is 6.16. The second-order valence-electron chi connectivity index (χ2n) is 6.46. The number of nitrogens with zero attached hydrogens (tertiary/aromatic N) is 2. The minimum Gasteiger partial charge on any atom is -0.340 e. The highest BCUT2D eigenvalue weighted by Gasteiger charge is 2.15. The first-order valence-corrected chi connectivity index (χ1v) is 9.63. The number of hydrogen-bond donors (Lipinski definition) is 1. The van der Waals surface area contributed by atoms with Crippen LogP contribution in [0.15, 0.2) is 47.8 Å². The highest BCUT2D eigenvalue weighted by molar-refractivity contribution is 7.17. The first-order chi connectivity index (χ1) is 12.5. The smallest absolute Gasteiger partial charge is 0.225 e. The van der Waals surface area contributed by atoms with Gasteiger partial charge in [0.25, 0.3) is 0 Å². The molecular weight excluding hydrogens is 362 g/mol. The lowest BCUT2D eigenvalue weighted by Gasteiger charge is -2.10. The van der Waals surface area contributed by atoms with Crippen LogP contribution in [0.4, 0.5) is 11.5 Å². The maximum absolute atomic E-state index is 6.16. The molecule has 4 aromatic rings. The molecule has 0 spiro atoms. The van der Waals surface area contributed by atoms with Crippen molar-refractivity contribution in [2.75, 3.05) is 5.32 Å². The third-order valence-corrected chi connectivity index (χ3v) is 5.58. The van der Waals surface area contributed by atoms with Crippen LogP contribution in [-0.4, -0.2) is 9.97 Å². The van der Waals surface area contributed by atoms with E-state index in [0.717, 1.165) is 32.8 Å². The summed E-state index contributed by atoms with van der Waals surface area (Å²) in [7, 11) is 0. The molecule has 0 atom stereocenters. The number of aromatic nitrogens is 2. The Morgan fingerprint density at radius 2 is 1.69 bits per heavy atom. The zero-order valence-corrected chi connectivity index (χ0v) is 16.4. The largest absolute Gasteiger partial charge is 0.340 e. The molecular formula is C21H18ClN3S. The van der Waals surface area contributed by atoms with Crippen molar-refractivity contribution in [2.24, 2.45) is 0 Å². The third kappa shape index (κ3) is 3.18. The molecule has 3 nitrogen and oxygen atoms in total. The highest BCUT2D eigenvalue weighted by Crippen LogP contribution is 2.39. The van der Waals surface area contributed by atoms with Crippen LogP contribution < -0.4 is 5.32 Å². The SMILES string of the molecule is Cc1ccc(Nc2nc(Cl)nc3scc(-c4ccc(C)c(C)c4)c23)cc1. The topological polar surface area (TPSA) is 37.8 Å². The monoisotopic (exact) mass is 379 g/mol. The summed E-state index contributed by atoms with van der Waals surface area (Å²) in [6, 6.07) is 14.7. The molecule has 0 aliphatic carbocycles. The van der Waals surface area contributed by atoms with Crippen LogP contribution in [0, 0.1) is 20.8 Å². The zero-order valence-electron chi connectivity index (χ0n) is 14.8. The van der Waals surface area contributed by atoms with Crippen LogP contribution in [0.25, 0.3) is 21.3 Å². The standard InChI is InChI=1S/C21H18ClN3S/c1-12-4-8-16(9-5-12)23-19-18-17(11-26-20(18)25-21(22)24-19)15-7-6-13(2)14(3)10-15/h4-11H,1-3H3,(H,23,24,25). The van der Waals surface area contributed by atoms with Gasteiger partial charge in [-0.2, -0.15) is 4.98 Å². The van der Waals surface area contributed by atoms with Gasteiger partial charge in [0, 0.05) is 16.6 Å². The van der Waals surface area contributed by atoms with Crippen molar-refractivity contribution in [3.63, 3.8) is 0 Å². The molecule has 4 rings (SSSR count). The third-order valence-electron chi connectivity index (χ3n) is 4.54. The molecule has 130 valence electrons. The number of rotatable bonds is 3. The van der Waals surface area contributed by atoms with Gasteiger partial charge in [-0.3, -0.25) is 0 Å². The highest BCUT2D eigenvalue weighted by atomic mass is 35.5. The van der Waals surface area contributed by atoms with Crippen LogP contribution in [0.1, 0.15) is 16.7 Å². The van der Waals surface area contributed by atoms with Gasteiger partial charge >= 0.3 is 0 Å². The van der Waals surface area contributed by atoms with Crippen LogP contribution in [0.5, 0.6) is 0 Å². The molecule has 0 saturated carbocycles. The molecule has 2 aromatic carbocycles. The molecule has 0 amide bonds. The summed E-state index contributed by atoms with van der Waals surface area (Å²) >= 11 is 7.75. The molecule has 2 heterocycles. The van der Waals surface area contributed by atoms with Gasteiger partial charge in [-0.25, -0.2) is 4.98 Å². The fourth-order valence-corrected chi connectivity index (χ4v) is 4.07. The van der Waals surface area contributed by atoms with E-state index in [0.29, 0.717) is 0 Å². The van der Waals surface area contributed by atoms with Gasteiger partial charge < -0.3 is 5.32 Å². The van der Waals surface area contributed by atoms with Gasteiger partial charge in [0.1, 0.15) is 10.6 Å². The van der Waals surface area contributed by atoms with Crippen molar-refractivity contribution in [1.82, 2.24) is 9.97 Å². The Labute approximate surface area is 161 Å². The van der Waals surface area contributed by atoms with Crippen molar-refractivity contribution in [3.8, 4) is 11.1 Å². The summed E-state index contributed by atoms with van der Waals surface area (Å²) in [5.41, 5.74) is 7.03. The molecule has 2 aromatic heterocycles. The Bertz CT molecular complexity index is 1100. The van der Waals surface area contributed by atoms with Crippen molar-refractivity contribution in [2.45, 2.75) is 20.8 Å². The summed E-state index contributed by atoms with van der Waals surface area (Å²) in [5, 5.41) is 6.79. The lowest BCUT2D eigenvalue weighted by Crippen LogP contribution is -1.97. The molecule has 26 heavy (non-hydrogen) atoms. The van der Waals surface area contributed by atoms with E-state index in [4.69, 9.17) is 11.6 Å². The number of thiophene rings is 1. The predicted octanol–water partition coefficient (Wildman–Crippen LogP) is 6.68. The second-order valence-corrected chi connectivity index (χ2v) is 7.66. The van der Waals surface area contributed by atoms with Crippen molar-refractivity contribution in [3.05, 3.63) is 69.8 Å². The molecule has 5 heteroatoms. The molecule has 0 fully saturated rings. The zero-order chi connectivity index (χ0) is 18.3. The normalized spacial score (nSPS) is 11.1. The minimum absolute atomic E-state index is 0.251. The predicted molar refractivity (Wildman–Crippen MR) is 112 cm³/mol. The van der Waals surface area contributed by atoms with Crippen LogP contribution in [0.3, 0.4) is 0 Å². The van der Waals surface area contributed by atoms with Crippen molar-refractivity contribution < 1.29 is 0 Å². The summed E-state index contributed by atoms with van der Waals surface area (Å²) in [6.07, 6.45) is 0. The number of halogens is 1. The fraction of sp³-hybridized carbons (Fsp3) is 0.143. The number of fused-ring (bicyclic) bond motifs is 1. The number of anilines is 2.